The highest BCUT2D eigenvalue weighted by Crippen LogP contribution is 2.33. The van der Waals surface area contributed by atoms with Crippen molar-refractivity contribution >= 4 is 0 Å². The quantitative estimate of drug-likeness (QED) is 0.817. The molecule has 0 aliphatic carbocycles. The summed E-state index contributed by atoms with van der Waals surface area (Å²) in [6.45, 7) is 3.48. The van der Waals surface area contributed by atoms with Crippen LogP contribution in [0.2, 0.25) is 0 Å². The third kappa shape index (κ3) is 4.58. The number of benzene rings is 2. The first-order valence-corrected chi connectivity index (χ1v) is 9.38. The maximum Gasteiger partial charge on any atom is 0.231 e. The monoisotopic (exact) mass is 372 g/mol. The second kappa shape index (κ2) is 7.84. The maximum atomic E-state index is 13.6. The van der Waals surface area contributed by atoms with Crippen molar-refractivity contribution in [1.82, 2.24) is 10.2 Å². The Morgan fingerprint density at radius 3 is 2.67 bits per heavy atom. The van der Waals surface area contributed by atoms with E-state index in [2.05, 4.69) is 10.2 Å². The molecule has 0 bridgehead atoms. The van der Waals surface area contributed by atoms with Gasteiger partial charge in [-0.15, -0.1) is 0 Å². The first-order chi connectivity index (χ1) is 13.1. The fourth-order valence-electron chi connectivity index (χ4n) is 3.86. The molecule has 2 aliphatic rings. The lowest BCUT2D eigenvalue weighted by molar-refractivity contribution is -0.0194. The summed E-state index contributed by atoms with van der Waals surface area (Å²) in [5, 5.41) is 14.3. The van der Waals surface area contributed by atoms with Gasteiger partial charge in [0.2, 0.25) is 6.79 Å². The van der Waals surface area contributed by atoms with Crippen LogP contribution in [-0.2, 0) is 13.1 Å². The number of β-amino-alcohol motifs (C(OH)–C–C–N with tert-alkyl or cyclic N) is 1. The van der Waals surface area contributed by atoms with E-state index in [4.69, 9.17) is 9.47 Å². The van der Waals surface area contributed by atoms with Crippen LogP contribution in [0.15, 0.2) is 42.5 Å². The molecule has 0 saturated carbocycles. The Hall–Kier alpha value is -2.15. The Labute approximate surface area is 158 Å². The number of hydrogen-bond acceptors (Lipinski definition) is 5. The van der Waals surface area contributed by atoms with Gasteiger partial charge in [0.15, 0.2) is 11.5 Å². The van der Waals surface area contributed by atoms with Crippen LogP contribution < -0.4 is 14.8 Å². The zero-order chi connectivity index (χ0) is 18.7. The topological polar surface area (TPSA) is 54.0 Å². The van der Waals surface area contributed by atoms with Crippen molar-refractivity contribution in [3.8, 4) is 11.5 Å². The van der Waals surface area contributed by atoms with Crippen molar-refractivity contribution < 1.29 is 19.0 Å². The Balaban J connectivity index is 1.53. The molecule has 2 aromatic rings. The maximum absolute atomic E-state index is 13.6. The van der Waals surface area contributed by atoms with Gasteiger partial charge in [0.05, 0.1) is 5.60 Å². The van der Waals surface area contributed by atoms with Crippen LogP contribution >= 0.6 is 0 Å². The van der Waals surface area contributed by atoms with Crippen molar-refractivity contribution in [3.63, 3.8) is 0 Å². The molecular weight excluding hydrogens is 347 g/mol. The summed E-state index contributed by atoms with van der Waals surface area (Å²) in [7, 11) is 0. The molecule has 0 amide bonds. The number of nitrogens with zero attached hydrogens (tertiary/aromatic N) is 1. The first kappa shape index (κ1) is 18.2. The van der Waals surface area contributed by atoms with Crippen molar-refractivity contribution in [2.45, 2.75) is 31.5 Å². The molecule has 1 saturated heterocycles. The predicted octanol–water partition coefficient (Wildman–Crippen LogP) is 2.67. The van der Waals surface area contributed by atoms with Crippen LogP contribution in [0.25, 0.3) is 0 Å². The van der Waals surface area contributed by atoms with Gasteiger partial charge in [0, 0.05) is 26.2 Å². The van der Waals surface area contributed by atoms with E-state index in [1.807, 2.05) is 24.3 Å². The Kier molecular flexibility index (Phi) is 5.29. The summed E-state index contributed by atoms with van der Waals surface area (Å²) in [6, 6.07) is 12.5. The summed E-state index contributed by atoms with van der Waals surface area (Å²) < 4.78 is 24.5. The van der Waals surface area contributed by atoms with E-state index in [1.54, 1.807) is 12.1 Å². The molecule has 2 aromatic carbocycles. The van der Waals surface area contributed by atoms with Gasteiger partial charge < -0.3 is 19.9 Å². The molecule has 27 heavy (non-hydrogen) atoms. The van der Waals surface area contributed by atoms with Crippen molar-refractivity contribution in [2.75, 3.05) is 26.4 Å². The molecule has 1 atom stereocenters. The smallest absolute Gasteiger partial charge is 0.231 e. The lowest BCUT2D eigenvalue weighted by Crippen LogP contribution is -2.52. The first-order valence-electron chi connectivity index (χ1n) is 9.38. The summed E-state index contributed by atoms with van der Waals surface area (Å²) in [5.41, 5.74) is 1.19. The van der Waals surface area contributed by atoms with Gasteiger partial charge in [-0.1, -0.05) is 18.2 Å². The Bertz CT molecular complexity index is 793. The van der Waals surface area contributed by atoms with Crippen molar-refractivity contribution in [2.24, 2.45) is 0 Å². The number of fused-ring (bicyclic) bond motifs is 1. The molecule has 1 fully saturated rings. The molecule has 2 heterocycles. The lowest BCUT2D eigenvalue weighted by Gasteiger charge is -2.37. The molecule has 2 aliphatic heterocycles. The molecule has 2 N–H and O–H groups in total. The number of piperidine rings is 1. The molecule has 0 spiro atoms. The molecule has 5 nitrogen and oxygen atoms in total. The summed E-state index contributed by atoms with van der Waals surface area (Å²) in [6.07, 6.45) is 1.72. The van der Waals surface area contributed by atoms with Gasteiger partial charge >= 0.3 is 0 Å². The van der Waals surface area contributed by atoms with E-state index < -0.39 is 5.60 Å². The molecule has 0 unspecified atom stereocenters. The van der Waals surface area contributed by atoms with E-state index in [0.29, 0.717) is 26.2 Å². The summed E-state index contributed by atoms with van der Waals surface area (Å²) in [5.74, 6) is 1.26. The van der Waals surface area contributed by atoms with Gasteiger partial charge in [-0.2, -0.15) is 0 Å². The van der Waals surface area contributed by atoms with Crippen LogP contribution in [0.5, 0.6) is 11.5 Å². The SMILES string of the molecule is O[C@@]1(CN(Cc2cccc(F)c2)Cc2ccc3c(c2)OCO3)CCCNC1. The lowest BCUT2D eigenvalue weighted by atomic mass is 9.93. The number of rotatable bonds is 6. The van der Waals surface area contributed by atoms with Gasteiger partial charge in [-0.3, -0.25) is 4.90 Å². The normalized spacial score (nSPS) is 21.6. The molecular formula is C21H25FN2O3. The Morgan fingerprint density at radius 1 is 1.07 bits per heavy atom. The Morgan fingerprint density at radius 2 is 1.89 bits per heavy atom. The standard InChI is InChI=1S/C21H25FN2O3/c22-18-4-1-3-16(9-18)11-24(14-21(25)7-2-8-23-13-21)12-17-5-6-19-20(10-17)27-15-26-19/h1,3-6,9-10,23,25H,2,7-8,11-15H2/t21-/m0/s1. The average molecular weight is 372 g/mol. The van der Waals surface area contributed by atoms with E-state index >= 15 is 0 Å². The molecule has 0 aromatic heterocycles. The highest BCUT2D eigenvalue weighted by atomic mass is 19.1. The molecule has 4 rings (SSSR count). The van der Waals surface area contributed by atoms with Gasteiger partial charge in [0.25, 0.3) is 0 Å². The number of aliphatic hydroxyl groups is 1. The minimum Gasteiger partial charge on any atom is -0.454 e. The molecule has 0 radical (unpaired) electrons. The minimum atomic E-state index is -0.776. The molecule has 6 heteroatoms. The van der Waals surface area contributed by atoms with E-state index in [1.165, 1.54) is 6.07 Å². The van der Waals surface area contributed by atoms with Crippen LogP contribution in [0, 0.1) is 5.82 Å². The van der Waals surface area contributed by atoms with E-state index in [-0.39, 0.29) is 12.6 Å². The average Bonchev–Trinajstić information content (AvgIpc) is 3.10. The number of ether oxygens (including phenoxy) is 2. The highest BCUT2D eigenvalue weighted by Gasteiger charge is 2.31. The van der Waals surface area contributed by atoms with Gasteiger partial charge in [-0.25, -0.2) is 4.39 Å². The number of nitrogens with one attached hydrogen (secondary N) is 1. The second-order valence-corrected chi connectivity index (χ2v) is 7.47. The number of hydrogen-bond donors (Lipinski definition) is 2. The predicted molar refractivity (Wildman–Crippen MR) is 100 cm³/mol. The fraction of sp³-hybridized carbons (Fsp3) is 0.429. The number of halogens is 1. The highest BCUT2D eigenvalue weighted by molar-refractivity contribution is 5.44. The van der Waals surface area contributed by atoms with E-state index in [0.717, 1.165) is 42.0 Å². The molecule has 144 valence electrons. The van der Waals surface area contributed by atoms with Gasteiger partial charge in [0.1, 0.15) is 5.82 Å². The summed E-state index contributed by atoms with van der Waals surface area (Å²) >= 11 is 0. The van der Waals surface area contributed by atoms with Crippen molar-refractivity contribution in [3.05, 3.63) is 59.4 Å². The van der Waals surface area contributed by atoms with Crippen LogP contribution in [0.3, 0.4) is 0 Å². The minimum absolute atomic E-state index is 0.242. The zero-order valence-electron chi connectivity index (χ0n) is 15.3. The van der Waals surface area contributed by atoms with Gasteiger partial charge in [-0.05, 0) is 54.8 Å². The van der Waals surface area contributed by atoms with Crippen LogP contribution in [-0.4, -0.2) is 42.0 Å². The fourth-order valence-corrected chi connectivity index (χ4v) is 3.86. The zero-order valence-corrected chi connectivity index (χ0v) is 15.3. The third-order valence-electron chi connectivity index (χ3n) is 5.11. The second-order valence-electron chi connectivity index (χ2n) is 7.47. The van der Waals surface area contributed by atoms with E-state index in [9.17, 15) is 9.50 Å². The van der Waals surface area contributed by atoms with Crippen LogP contribution in [0.4, 0.5) is 4.39 Å². The summed E-state index contributed by atoms with van der Waals surface area (Å²) in [4.78, 5) is 2.17. The van der Waals surface area contributed by atoms with Crippen molar-refractivity contribution in [1.29, 1.82) is 0 Å². The van der Waals surface area contributed by atoms with Crippen LogP contribution in [0.1, 0.15) is 24.0 Å². The largest absolute Gasteiger partial charge is 0.454 e. The third-order valence-corrected chi connectivity index (χ3v) is 5.11.